The molecule has 1 aromatic rings. The maximum Gasteiger partial charge on any atom is 0.303 e. The van der Waals surface area contributed by atoms with Crippen LogP contribution in [0, 0.1) is 0 Å². The minimum Gasteiger partial charge on any atom is -0.481 e. The van der Waals surface area contributed by atoms with E-state index < -0.39 is 5.97 Å². The predicted molar refractivity (Wildman–Crippen MR) is 63.5 cm³/mol. The van der Waals surface area contributed by atoms with Gasteiger partial charge in [0.1, 0.15) is 4.34 Å². The third kappa shape index (κ3) is 4.00. The van der Waals surface area contributed by atoms with Crippen molar-refractivity contribution in [3.8, 4) is 0 Å². The molecule has 1 rings (SSSR count). The normalized spacial score (nSPS) is 10.1. The number of carboxylic acids is 1. The van der Waals surface area contributed by atoms with E-state index in [4.69, 9.17) is 28.3 Å². The maximum atomic E-state index is 11.5. The van der Waals surface area contributed by atoms with Crippen molar-refractivity contribution in [3.05, 3.63) is 20.3 Å². The zero-order chi connectivity index (χ0) is 12.1. The molecule has 7 heteroatoms. The SMILES string of the molecule is O=C(O)CCCNC(=O)c1cc(Cl)c(Cl)s1. The fourth-order valence-corrected chi connectivity index (χ4v) is 2.27. The number of carbonyl (C=O) groups is 2. The zero-order valence-corrected chi connectivity index (χ0v) is 10.5. The van der Waals surface area contributed by atoms with E-state index >= 15 is 0 Å². The van der Waals surface area contributed by atoms with Crippen molar-refractivity contribution in [1.29, 1.82) is 0 Å². The highest BCUT2D eigenvalue weighted by atomic mass is 35.5. The largest absolute Gasteiger partial charge is 0.481 e. The summed E-state index contributed by atoms with van der Waals surface area (Å²) in [7, 11) is 0. The van der Waals surface area contributed by atoms with Crippen molar-refractivity contribution in [2.75, 3.05) is 6.54 Å². The van der Waals surface area contributed by atoms with Crippen LogP contribution in [0.3, 0.4) is 0 Å². The van der Waals surface area contributed by atoms with Crippen LogP contribution < -0.4 is 5.32 Å². The molecule has 1 amide bonds. The number of carbonyl (C=O) groups excluding carboxylic acids is 1. The molecule has 0 saturated heterocycles. The fourth-order valence-electron chi connectivity index (χ4n) is 0.987. The van der Waals surface area contributed by atoms with Gasteiger partial charge >= 0.3 is 5.97 Å². The van der Waals surface area contributed by atoms with Crippen LogP contribution in [0.4, 0.5) is 0 Å². The van der Waals surface area contributed by atoms with Crippen LogP contribution >= 0.6 is 34.5 Å². The average Bonchev–Trinajstić information content (AvgIpc) is 2.54. The molecule has 0 aromatic carbocycles. The number of halogens is 2. The number of aliphatic carboxylic acids is 1. The Morgan fingerprint density at radius 3 is 2.62 bits per heavy atom. The summed E-state index contributed by atoms with van der Waals surface area (Å²) in [6.45, 7) is 0.318. The van der Waals surface area contributed by atoms with E-state index in [1.54, 1.807) is 0 Å². The first kappa shape index (κ1) is 13.3. The second-order valence-corrected chi connectivity index (χ2v) is 5.05. The zero-order valence-electron chi connectivity index (χ0n) is 8.13. The molecule has 0 spiro atoms. The number of rotatable bonds is 5. The molecule has 0 aliphatic heterocycles. The van der Waals surface area contributed by atoms with Crippen molar-refractivity contribution < 1.29 is 14.7 Å². The average molecular weight is 282 g/mol. The molecule has 0 aliphatic carbocycles. The summed E-state index contributed by atoms with van der Waals surface area (Å²) < 4.78 is 0.373. The van der Waals surface area contributed by atoms with Crippen LogP contribution in [0.15, 0.2) is 6.07 Å². The third-order valence-corrected chi connectivity index (χ3v) is 3.59. The lowest BCUT2D eigenvalue weighted by Crippen LogP contribution is -2.23. The molecule has 0 radical (unpaired) electrons. The smallest absolute Gasteiger partial charge is 0.303 e. The predicted octanol–water partition coefficient (Wildman–Crippen LogP) is 2.65. The van der Waals surface area contributed by atoms with Gasteiger partial charge in [-0.15, -0.1) is 11.3 Å². The molecule has 0 aliphatic rings. The molecular weight excluding hydrogens is 273 g/mol. The van der Waals surface area contributed by atoms with Gasteiger partial charge in [-0.2, -0.15) is 0 Å². The Hall–Kier alpha value is -0.780. The second kappa shape index (κ2) is 6.08. The van der Waals surface area contributed by atoms with E-state index in [1.165, 1.54) is 6.07 Å². The molecular formula is C9H9Cl2NO3S. The molecule has 1 aromatic heterocycles. The van der Waals surface area contributed by atoms with Crippen LogP contribution in [-0.4, -0.2) is 23.5 Å². The van der Waals surface area contributed by atoms with Gasteiger partial charge in [0.15, 0.2) is 0 Å². The van der Waals surface area contributed by atoms with Crippen LogP contribution in [0.25, 0.3) is 0 Å². The summed E-state index contributed by atoms with van der Waals surface area (Å²) in [5, 5.41) is 11.3. The van der Waals surface area contributed by atoms with Gasteiger partial charge in [-0.1, -0.05) is 23.2 Å². The molecule has 0 fully saturated rings. The van der Waals surface area contributed by atoms with Crippen molar-refractivity contribution >= 4 is 46.4 Å². The quantitative estimate of drug-likeness (QED) is 0.816. The highest BCUT2D eigenvalue weighted by Crippen LogP contribution is 2.31. The van der Waals surface area contributed by atoms with Crippen LogP contribution in [0.1, 0.15) is 22.5 Å². The van der Waals surface area contributed by atoms with Crippen molar-refractivity contribution in [3.63, 3.8) is 0 Å². The van der Waals surface area contributed by atoms with E-state index in [9.17, 15) is 9.59 Å². The first-order valence-electron chi connectivity index (χ1n) is 4.45. The first-order valence-corrected chi connectivity index (χ1v) is 6.02. The summed E-state index contributed by atoms with van der Waals surface area (Å²) >= 11 is 12.5. The Morgan fingerprint density at radius 2 is 2.12 bits per heavy atom. The summed E-state index contributed by atoms with van der Waals surface area (Å²) in [5.41, 5.74) is 0. The Balaban J connectivity index is 2.38. The molecule has 88 valence electrons. The van der Waals surface area contributed by atoms with E-state index in [1.807, 2.05) is 0 Å². The second-order valence-electron chi connectivity index (χ2n) is 2.99. The van der Waals surface area contributed by atoms with Gasteiger partial charge in [0.25, 0.3) is 5.91 Å². The Bertz CT molecular complexity index is 386. The van der Waals surface area contributed by atoms with Gasteiger partial charge in [-0.25, -0.2) is 0 Å². The van der Waals surface area contributed by atoms with E-state index in [2.05, 4.69) is 5.32 Å². The van der Waals surface area contributed by atoms with E-state index in [-0.39, 0.29) is 12.3 Å². The number of nitrogens with one attached hydrogen (secondary N) is 1. The van der Waals surface area contributed by atoms with Crippen molar-refractivity contribution in [2.45, 2.75) is 12.8 Å². The lowest BCUT2D eigenvalue weighted by molar-refractivity contribution is -0.137. The first-order chi connectivity index (χ1) is 7.50. The number of hydrogen-bond acceptors (Lipinski definition) is 3. The van der Waals surface area contributed by atoms with Gasteiger partial charge in [0.05, 0.1) is 9.90 Å². The molecule has 4 nitrogen and oxygen atoms in total. The van der Waals surface area contributed by atoms with Gasteiger partial charge in [-0.05, 0) is 12.5 Å². The van der Waals surface area contributed by atoms with E-state index in [0.29, 0.717) is 27.2 Å². The van der Waals surface area contributed by atoms with Crippen molar-refractivity contribution in [1.82, 2.24) is 5.32 Å². The molecule has 0 unspecified atom stereocenters. The molecule has 0 saturated carbocycles. The maximum absolute atomic E-state index is 11.5. The lowest BCUT2D eigenvalue weighted by Gasteiger charge is -2.01. The van der Waals surface area contributed by atoms with Gasteiger partial charge in [-0.3, -0.25) is 9.59 Å². The van der Waals surface area contributed by atoms with E-state index in [0.717, 1.165) is 11.3 Å². The fraction of sp³-hybridized carbons (Fsp3) is 0.333. The lowest BCUT2D eigenvalue weighted by atomic mass is 10.3. The Morgan fingerprint density at radius 1 is 1.44 bits per heavy atom. The summed E-state index contributed by atoms with van der Waals surface area (Å²) in [6, 6.07) is 1.49. The molecule has 16 heavy (non-hydrogen) atoms. The van der Waals surface area contributed by atoms with Gasteiger partial charge in [0.2, 0.25) is 0 Å². The minimum absolute atomic E-state index is 0.0340. The summed E-state index contributed by atoms with van der Waals surface area (Å²) in [6.07, 6.45) is 0.431. The minimum atomic E-state index is -0.878. The Labute approximate surface area is 106 Å². The van der Waals surface area contributed by atoms with Gasteiger partial charge in [0, 0.05) is 13.0 Å². The summed E-state index contributed by atoms with van der Waals surface area (Å²) in [5.74, 6) is -1.17. The molecule has 2 N–H and O–H groups in total. The Kier molecular flexibility index (Phi) is 5.05. The third-order valence-electron chi connectivity index (χ3n) is 1.72. The number of hydrogen-bond donors (Lipinski definition) is 2. The topological polar surface area (TPSA) is 66.4 Å². The van der Waals surface area contributed by atoms with Gasteiger partial charge < -0.3 is 10.4 Å². The van der Waals surface area contributed by atoms with Crippen LogP contribution in [0.5, 0.6) is 0 Å². The van der Waals surface area contributed by atoms with Crippen molar-refractivity contribution in [2.24, 2.45) is 0 Å². The molecule has 0 bridgehead atoms. The number of carboxylic acid groups (broad SMARTS) is 1. The number of thiophene rings is 1. The molecule has 1 heterocycles. The van der Waals surface area contributed by atoms with Crippen LogP contribution in [-0.2, 0) is 4.79 Å². The monoisotopic (exact) mass is 281 g/mol. The van der Waals surface area contributed by atoms with Crippen LogP contribution in [0.2, 0.25) is 9.36 Å². The summed E-state index contributed by atoms with van der Waals surface area (Å²) in [4.78, 5) is 22.1. The molecule has 0 atom stereocenters. The highest BCUT2D eigenvalue weighted by molar-refractivity contribution is 7.18. The standard InChI is InChI=1S/C9H9Cl2NO3S/c10-5-4-6(16-8(5)11)9(15)12-3-1-2-7(13)14/h4H,1-3H2,(H,12,15)(H,13,14). The highest BCUT2D eigenvalue weighted by Gasteiger charge is 2.11. The number of amides is 1.